The molecule has 0 bridgehead atoms. The second-order valence-electron chi connectivity index (χ2n) is 5.53. The lowest BCUT2D eigenvalue weighted by atomic mass is 9.76. The summed E-state index contributed by atoms with van der Waals surface area (Å²) in [5.74, 6) is -0.172. The largest absolute Gasteiger partial charge is 0.481 e. The van der Waals surface area contributed by atoms with Crippen molar-refractivity contribution >= 4 is 15.8 Å². The summed E-state index contributed by atoms with van der Waals surface area (Å²) in [4.78, 5) is 13.5. The molecule has 0 amide bonds. The molecule has 2 fully saturated rings. The number of aliphatic carboxylic acids is 1. The molecule has 0 spiro atoms. The standard InChI is InChI=1S/C12H21NO4S/c1-2-12(11(14)15)4-6-13(7-5-12)10-3-8-18(16,17)9-10/h10H,2-9H2,1H3,(H,14,15). The molecule has 104 valence electrons. The molecule has 1 atom stereocenters. The summed E-state index contributed by atoms with van der Waals surface area (Å²) in [6.45, 7) is 3.34. The maximum atomic E-state index is 11.5. The Labute approximate surface area is 108 Å². The van der Waals surface area contributed by atoms with Gasteiger partial charge in [-0.1, -0.05) is 6.92 Å². The third kappa shape index (κ3) is 2.54. The fraction of sp³-hybridized carbons (Fsp3) is 0.917. The smallest absolute Gasteiger partial charge is 0.309 e. The molecule has 2 heterocycles. The number of hydrogen-bond donors (Lipinski definition) is 1. The van der Waals surface area contributed by atoms with E-state index < -0.39 is 21.2 Å². The van der Waals surface area contributed by atoms with E-state index in [-0.39, 0.29) is 17.5 Å². The second-order valence-corrected chi connectivity index (χ2v) is 7.76. The molecule has 0 radical (unpaired) electrons. The Morgan fingerprint density at radius 2 is 2.00 bits per heavy atom. The van der Waals surface area contributed by atoms with Crippen molar-refractivity contribution in [1.29, 1.82) is 0 Å². The van der Waals surface area contributed by atoms with Gasteiger partial charge in [0.2, 0.25) is 0 Å². The lowest BCUT2D eigenvalue weighted by Crippen LogP contribution is -2.48. The van der Waals surface area contributed by atoms with Crippen LogP contribution in [0.5, 0.6) is 0 Å². The molecule has 2 saturated heterocycles. The number of hydrogen-bond acceptors (Lipinski definition) is 4. The quantitative estimate of drug-likeness (QED) is 0.822. The van der Waals surface area contributed by atoms with Gasteiger partial charge in [-0.3, -0.25) is 9.69 Å². The van der Waals surface area contributed by atoms with Gasteiger partial charge < -0.3 is 5.11 Å². The van der Waals surface area contributed by atoms with Crippen LogP contribution in [0.4, 0.5) is 0 Å². The van der Waals surface area contributed by atoms with Gasteiger partial charge >= 0.3 is 5.97 Å². The molecule has 0 aromatic rings. The first-order chi connectivity index (χ1) is 8.38. The summed E-state index contributed by atoms with van der Waals surface area (Å²) in [6.07, 6.45) is 2.62. The molecule has 0 aromatic heterocycles. The van der Waals surface area contributed by atoms with Crippen LogP contribution in [0.1, 0.15) is 32.6 Å². The topological polar surface area (TPSA) is 74.7 Å². The van der Waals surface area contributed by atoms with Crippen LogP contribution in [-0.4, -0.2) is 55.0 Å². The van der Waals surface area contributed by atoms with Gasteiger partial charge in [-0.25, -0.2) is 8.42 Å². The molecule has 5 nitrogen and oxygen atoms in total. The highest BCUT2D eigenvalue weighted by atomic mass is 32.2. The normalized spacial score (nSPS) is 31.3. The Morgan fingerprint density at radius 1 is 1.39 bits per heavy atom. The summed E-state index contributed by atoms with van der Waals surface area (Å²) < 4.78 is 22.9. The maximum Gasteiger partial charge on any atom is 0.309 e. The molecule has 0 aliphatic carbocycles. The fourth-order valence-corrected chi connectivity index (χ4v) is 4.86. The monoisotopic (exact) mass is 275 g/mol. The fourth-order valence-electron chi connectivity index (χ4n) is 3.10. The SMILES string of the molecule is CCC1(C(=O)O)CCN(C2CCS(=O)(=O)C2)CC1. The molecule has 0 saturated carbocycles. The lowest BCUT2D eigenvalue weighted by molar-refractivity contribution is -0.152. The van der Waals surface area contributed by atoms with Crippen molar-refractivity contribution in [2.24, 2.45) is 5.41 Å². The summed E-state index contributed by atoms with van der Waals surface area (Å²) in [5, 5.41) is 9.31. The zero-order valence-corrected chi connectivity index (χ0v) is 11.6. The van der Waals surface area contributed by atoms with E-state index in [9.17, 15) is 18.3 Å². The van der Waals surface area contributed by atoms with Crippen LogP contribution in [0.25, 0.3) is 0 Å². The van der Waals surface area contributed by atoms with Gasteiger partial charge in [-0.05, 0) is 38.8 Å². The molecule has 1 unspecified atom stereocenters. The molecular weight excluding hydrogens is 254 g/mol. The van der Waals surface area contributed by atoms with E-state index >= 15 is 0 Å². The van der Waals surface area contributed by atoms with Crippen molar-refractivity contribution < 1.29 is 18.3 Å². The highest BCUT2D eigenvalue weighted by Crippen LogP contribution is 2.36. The molecule has 0 aromatic carbocycles. The van der Waals surface area contributed by atoms with E-state index in [1.165, 1.54) is 0 Å². The number of rotatable bonds is 3. The van der Waals surface area contributed by atoms with E-state index in [4.69, 9.17) is 0 Å². The van der Waals surface area contributed by atoms with Gasteiger partial charge in [0.05, 0.1) is 16.9 Å². The van der Waals surface area contributed by atoms with Gasteiger partial charge in [0.15, 0.2) is 9.84 Å². The average molecular weight is 275 g/mol. The lowest BCUT2D eigenvalue weighted by Gasteiger charge is -2.40. The van der Waals surface area contributed by atoms with Gasteiger partial charge in [-0.2, -0.15) is 0 Å². The summed E-state index contributed by atoms with van der Waals surface area (Å²) in [7, 11) is -2.85. The number of nitrogens with zero attached hydrogens (tertiary/aromatic N) is 1. The van der Waals surface area contributed by atoms with Crippen molar-refractivity contribution in [3.63, 3.8) is 0 Å². The third-order valence-electron chi connectivity index (χ3n) is 4.61. The summed E-state index contributed by atoms with van der Waals surface area (Å²) in [5.41, 5.74) is -0.589. The Kier molecular flexibility index (Phi) is 3.69. The highest BCUT2D eigenvalue weighted by molar-refractivity contribution is 7.91. The van der Waals surface area contributed by atoms with Crippen molar-refractivity contribution in [3.8, 4) is 0 Å². The van der Waals surface area contributed by atoms with Crippen molar-refractivity contribution in [1.82, 2.24) is 4.90 Å². The van der Waals surface area contributed by atoms with E-state index in [1.54, 1.807) is 0 Å². The van der Waals surface area contributed by atoms with Crippen molar-refractivity contribution in [2.75, 3.05) is 24.6 Å². The zero-order valence-electron chi connectivity index (χ0n) is 10.8. The van der Waals surface area contributed by atoms with Crippen LogP contribution >= 0.6 is 0 Å². The summed E-state index contributed by atoms with van der Waals surface area (Å²) in [6, 6.07) is 0.110. The van der Waals surface area contributed by atoms with Crippen molar-refractivity contribution in [2.45, 2.75) is 38.6 Å². The number of carboxylic acids is 1. The molecule has 2 aliphatic heterocycles. The zero-order chi connectivity index (χ0) is 13.4. The number of sulfone groups is 1. The molecule has 6 heteroatoms. The van der Waals surface area contributed by atoms with Gasteiger partial charge in [0.25, 0.3) is 0 Å². The first-order valence-corrected chi connectivity index (χ1v) is 8.38. The predicted octanol–water partition coefficient (Wildman–Crippen LogP) is 0.750. The van der Waals surface area contributed by atoms with Crippen LogP contribution in [-0.2, 0) is 14.6 Å². The molecule has 2 rings (SSSR count). The molecule has 18 heavy (non-hydrogen) atoms. The first-order valence-electron chi connectivity index (χ1n) is 6.56. The van der Waals surface area contributed by atoms with E-state index in [1.807, 2.05) is 6.92 Å². The summed E-state index contributed by atoms with van der Waals surface area (Å²) >= 11 is 0. The Morgan fingerprint density at radius 3 is 2.39 bits per heavy atom. The molecular formula is C12H21NO4S. The third-order valence-corrected chi connectivity index (χ3v) is 6.36. The number of carbonyl (C=O) groups is 1. The van der Waals surface area contributed by atoms with E-state index in [0.717, 1.165) is 0 Å². The minimum atomic E-state index is -2.85. The van der Waals surface area contributed by atoms with Gasteiger partial charge in [0.1, 0.15) is 0 Å². The number of carboxylic acid groups (broad SMARTS) is 1. The van der Waals surface area contributed by atoms with Crippen LogP contribution < -0.4 is 0 Å². The van der Waals surface area contributed by atoms with Crippen LogP contribution in [0.2, 0.25) is 0 Å². The van der Waals surface area contributed by atoms with Crippen LogP contribution in [0, 0.1) is 5.41 Å². The molecule has 1 N–H and O–H groups in total. The first kappa shape index (κ1) is 13.8. The Balaban J connectivity index is 1.97. The number of piperidine rings is 1. The Hall–Kier alpha value is -0.620. The van der Waals surface area contributed by atoms with E-state index in [2.05, 4.69) is 4.90 Å². The minimum absolute atomic E-state index is 0.110. The second kappa shape index (κ2) is 4.81. The molecule has 2 aliphatic rings. The predicted molar refractivity (Wildman–Crippen MR) is 68.2 cm³/mol. The van der Waals surface area contributed by atoms with Crippen LogP contribution in [0.15, 0.2) is 0 Å². The average Bonchev–Trinajstić information content (AvgIpc) is 2.69. The Bertz CT molecular complexity index is 423. The van der Waals surface area contributed by atoms with E-state index in [0.29, 0.717) is 38.8 Å². The number of likely N-dealkylation sites (tertiary alicyclic amines) is 1. The minimum Gasteiger partial charge on any atom is -0.481 e. The highest BCUT2D eigenvalue weighted by Gasteiger charge is 2.42. The van der Waals surface area contributed by atoms with Gasteiger partial charge in [0, 0.05) is 6.04 Å². The maximum absolute atomic E-state index is 11.5. The van der Waals surface area contributed by atoms with Crippen LogP contribution in [0.3, 0.4) is 0 Å². The van der Waals surface area contributed by atoms with Gasteiger partial charge in [-0.15, -0.1) is 0 Å². The van der Waals surface area contributed by atoms with Crippen molar-refractivity contribution in [3.05, 3.63) is 0 Å².